The number of hydrogen-bond acceptors (Lipinski definition) is 3. The van der Waals surface area contributed by atoms with Gasteiger partial charge in [0.1, 0.15) is 11.8 Å². The van der Waals surface area contributed by atoms with Crippen molar-refractivity contribution < 1.29 is 9.53 Å². The van der Waals surface area contributed by atoms with Crippen LogP contribution in [-0.4, -0.2) is 5.97 Å². The van der Waals surface area contributed by atoms with Crippen LogP contribution >= 0.6 is 0 Å². The Labute approximate surface area is 191 Å². The summed E-state index contributed by atoms with van der Waals surface area (Å²) in [6.45, 7) is 6.59. The quantitative estimate of drug-likeness (QED) is 0.265. The summed E-state index contributed by atoms with van der Waals surface area (Å²) in [6.07, 6.45) is 5.34. The summed E-state index contributed by atoms with van der Waals surface area (Å²) in [5.74, 6) is 0.495. The van der Waals surface area contributed by atoms with Gasteiger partial charge < -0.3 is 4.74 Å². The number of nitriles is 1. The van der Waals surface area contributed by atoms with Crippen molar-refractivity contribution in [3.8, 4) is 22.9 Å². The van der Waals surface area contributed by atoms with Gasteiger partial charge in [0.2, 0.25) is 0 Å². The molecule has 0 amide bonds. The summed E-state index contributed by atoms with van der Waals surface area (Å²) >= 11 is 0. The first-order valence-electron chi connectivity index (χ1n) is 11.5. The maximum atomic E-state index is 12.7. The molecule has 0 aliphatic rings. The van der Waals surface area contributed by atoms with E-state index in [4.69, 9.17) is 4.74 Å². The molecule has 0 saturated carbocycles. The fraction of sp³-hybridized carbons (Fsp3) is 0.310. The van der Waals surface area contributed by atoms with Crippen molar-refractivity contribution in [2.24, 2.45) is 5.92 Å². The zero-order valence-electron chi connectivity index (χ0n) is 19.2. The van der Waals surface area contributed by atoms with Gasteiger partial charge >= 0.3 is 5.97 Å². The second-order valence-electron chi connectivity index (χ2n) is 8.41. The molecule has 0 heterocycles. The van der Waals surface area contributed by atoms with Crippen LogP contribution in [0.2, 0.25) is 0 Å². The Morgan fingerprint density at radius 1 is 0.906 bits per heavy atom. The van der Waals surface area contributed by atoms with Gasteiger partial charge in [0.05, 0.1) is 11.1 Å². The van der Waals surface area contributed by atoms with Crippen LogP contribution in [0.25, 0.3) is 11.1 Å². The molecule has 0 fully saturated rings. The molecular formula is C29H31NO2. The van der Waals surface area contributed by atoms with Gasteiger partial charge in [0.25, 0.3) is 0 Å². The molecule has 1 unspecified atom stereocenters. The average Bonchev–Trinajstić information content (AvgIpc) is 2.83. The maximum absolute atomic E-state index is 12.7. The molecule has 0 bridgehead atoms. The Kier molecular flexibility index (Phi) is 8.22. The molecule has 0 aromatic heterocycles. The van der Waals surface area contributed by atoms with Gasteiger partial charge in [-0.05, 0) is 71.7 Å². The molecule has 3 aromatic carbocycles. The fourth-order valence-electron chi connectivity index (χ4n) is 3.64. The minimum atomic E-state index is -0.460. The summed E-state index contributed by atoms with van der Waals surface area (Å²) < 4.78 is 5.55. The maximum Gasteiger partial charge on any atom is 0.343 e. The number of esters is 1. The Hall–Kier alpha value is -3.38. The third kappa shape index (κ3) is 6.08. The first kappa shape index (κ1) is 23.3. The van der Waals surface area contributed by atoms with Gasteiger partial charge in [-0.25, -0.2) is 4.79 Å². The molecule has 3 nitrogen and oxygen atoms in total. The van der Waals surface area contributed by atoms with E-state index in [1.807, 2.05) is 24.3 Å². The van der Waals surface area contributed by atoms with E-state index in [1.54, 1.807) is 18.2 Å². The topological polar surface area (TPSA) is 50.1 Å². The highest BCUT2D eigenvalue weighted by molar-refractivity contribution is 5.92. The van der Waals surface area contributed by atoms with E-state index in [0.29, 0.717) is 22.8 Å². The minimum absolute atomic E-state index is 0.306. The molecule has 164 valence electrons. The van der Waals surface area contributed by atoms with E-state index < -0.39 is 5.97 Å². The molecule has 0 radical (unpaired) electrons. The molecule has 0 saturated heterocycles. The fourth-order valence-corrected chi connectivity index (χ4v) is 3.64. The molecule has 3 heteroatoms. The van der Waals surface area contributed by atoms with Crippen molar-refractivity contribution in [2.45, 2.75) is 52.9 Å². The van der Waals surface area contributed by atoms with E-state index in [-0.39, 0.29) is 0 Å². The van der Waals surface area contributed by atoms with Gasteiger partial charge in [-0.2, -0.15) is 5.26 Å². The Bertz CT molecular complexity index is 1080. The lowest BCUT2D eigenvalue weighted by atomic mass is 9.98. The molecule has 0 spiro atoms. The third-order valence-electron chi connectivity index (χ3n) is 5.94. The monoisotopic (exact) mass is 425 g/mol. The SMILES string of the molecule is CCCc1ccc(-c2ccc(C(=O)Oc3ccc(CCC(C)CC)cc3C#N)cc2)cc1. The largest absolute Gasteiger partial charge is 0.422 e. The van der Waals surface area contributed by atoms with Crippen LogP contribution in [0.3, 0.4) is 0 Å². The lowest BCUT2D eigenvalue weighted by Gasteiger charge is -2.11. The summed E-state index contributed by atoms with van der Waals surface area (Å²) in [7, 11) is 0. The standard InChI is InChI=1S/C29H31NO2/c1-4-6-22-9-12-24(13-10-22)25-14-16-26(17-15-25)29(31)32-28-18-11-23(19-27(28)20-30)8-7-21(3)5-2/h9-19,21H,4-8H2,1-3H3. The van der Waals surface area contributed by atoms with Crippen LogP contribution in [0.1, 0.15) is 67.1 Å². The number of ether oxygens (including phenoxy) is 1. The predicted molar refractivity (Wildman–Crippen MR) is 130 cm³/mol. The summed E-state index contributed by atoms with van der Waals surface area (Å²) in [5, 5.41) is 9.52. The highest BCUT2D eigenvalue weighted by Gasteiger charge is 2.13. The van der Waals surface area contributed by atoms with Gasteiger partial charge in [-0.3, -0.25) is 0 Å². The molecule has 32 heavy (non-hydrogen) atoms. The van der Waals surface area contributed by atoms with E-state index in [0.717, 1.165) is 48.8 Å². The normalized spacial score (nSPS) is 11.6. The van der Waals surface area contributed by atoms with Crippen LogP contribution in [-0.2, 0) is 12.8 Å². The highest BCUT2D eigenvalue weighted by atomic mass is 16.5. The lowest BCUT2D eigenvalue weighted by molar-refractivity contribution is 0.0734. The van der Waals surface area contributed by atoms with Crippen LogP contribution < -0.4 is 4.74 Å². The van der Waals surface area contributed by atoms with E-state index in [9.17, 15) is 10.1 Å². The van der Waals surface area contributed by atoms with Crippen LogP contribution in [0.15, 0.2) is 66.7 Å². The van der Waals surface area contributed by atoms with E-state index in [1.165, 1.54) is 5.56 Å². The van der Waals surface area contributed by atoms with E-state index in [2.05, 4.69) is 51.1 Å². The van der Waals surface area contributed by atoms with Crippen molar-refractivity contribution in [3.63, 3.8) is 0 Å². The highest BCUT2D eigenvalue weighted by Crippen LogP contribution is 2.24. The Morgan fingerprint density at radius 3 is 2.12 bits per heavy atom. The van der Waals surface area contributed by atoms with Gasteiger partial charge in [-0.15, -0.1) is 0 Å². The Morgan fingerprint density at radius 2 is 1.53 bits per heavy atom. The molecule has 3 aromatic rings. The molecule has 0 N–H and O–H groups in total. The lowest BCUT2D eigenvalue weighted by Crippen LogP contribution is -2.09. The van der Waals surface area contributed by atoms with Gasteiger partial charge in [0.15, 0.2) is 0 Å². The first-order valence-corrected chi connectivity index (χ1v) is 11.5. The number of benzene rings is 3. The van der Waals surface area contributed by atoms with Crippen molar-refractivity contribution in [3.05, 3.63) is 89.0 Å². The van der Waals surface area contributed by atoms with Crippen molar-refractivity contribution in [1.29, 1.82) is 5.26 Å². The second-order valence-corrected chi connectivity index (χ2v) is 8.41. The first-order chi connectivity index (χ1) is 15.5. The Balaban J connectivity index is 1.68. The molecule has 0 aliphatic carbocycles. The summed E-state index contributed by atoms with van der Waals surface area (Å²) in [5.41, 5.74) is 5.44. The second kappa shape index (κ2) is 11.3. The number of carbonyl (C=O) groups is 1. The molecular weight excluding hydrogens is 394 g/mol. The number of aryl methyl sites for hydroxylation is 2. The number of rotatable bonds is 9. The van der Waals surface area contributed by atoms with Gasteiger partial charge in [-0.1, -0.05) is 76.1 Å². The average molecular weight is 426 g/mol. The number of hydrogen-bond donors (Lipinski definition) is 0. The molecule has 0 aliphatic heterocycles. The summed E-state index contributed by atoms with van der Waals surface area (Å²) in [4.78, 5) is 12.7. The van der Waals surface area contributed by atoms with Crippen LogP contribution in [0.4, 0.5) is 0 Å². The summed E-state index contributed by atoms with van der Waals surface area (Å²) in [6, 6.07) is 23.6. The number of nitrogens with zero attached hydrogens (tertiary/aromatic N) is 1. The minimum Gasteiger partial charge on any atom is -0.422 e. The third-order valence-corrected chi connectivity index (χ3v) is 5.94. The van der Waals surface area contributed by atoms with Crippen LogP contribution in [0, 0.1) is 17.2 Å². The predicted octanol–water partition coefficient (Wildman–Crippen LogP) is 7.38. The van der Waals surface area contributed by atoms with Crippen molar-refractivity contribution >= 4 is 5.97 Å². The smallest absolute Gasteiger partial charge is 0.343 e. The molecule has 3 rings (SSSR count). The number of carbonyl (C=O) groups excluding carboxylic acids is 1. The van der Waals surface area contributed by atoms with Gasteiger partial charge in [0, 0.05) is 0 Å². The van der Waals surface area contributed by atoms with Crippen LogP contribution in [0.5, 0.6) is 5.75 Å². The van der Waals surface area contributed by atoms with Crippen molar-refractivity contribution in [2.75, 3.05) is 0 Å². The van der Waals surface area contributed by atoms with E-state index >= 15 is 0 Å². The molecule has 1 atom stereocenters. The van der Waals surface area contributed by atoms with Crippen molar-refractivity contribution in [1.82, 2.24) is 0 Å². The zero-order valence-corrected chi connectivity index (χ0v) is 19.2. The zero-order chi connectivity index (χ0) is 22.9.